The lowest BCUT2D eigenvalue weighted by Crippen LogP contribution is -2.22. The van der Waals surface area contributed by atoms with Gasteiger partial charge in [0.2, 0.25) is 0 Å². The van der Waals surface area contributed by atoms with E-state index in [9.17, 15) is 0 Å². The number of rotatable bonds is 5. The van der Waals surface area contributed by atoms with E-state index in [2.05, 4.69) is 55.6 Å². The second-order valence-electron chi connectivity index (χ2n) is 5.44. The molecule has 1 N–H and O–H groups in total. The summed E-state index contributed by atoms with van der Waals surface area (Å²) >= 11 is 1.86. The van der Waals surface area contributed by atoms with E-state index in [0.717, 1.165) is 24.5 Å². The molecular weight excluding hydrogens is 278 g/mol. The summed E-state index contributed by atoms with van der Waals surface area (Å²) in [4.78, 5) is 1.36. The maximum absolute atomic E-state index is 5.74. The molecule has 1 aromatic carbocycles. The van der Waals surface area contributed by atoms with E-state index in [1.54, 1.807) is 0 Å². The van der Waals surface area contributed by atoms with Crippen LogP contribution in [0, 0.1) is 13.8 Å². The van der Waals surface area contributed by atoms with Gasteiger partial charge in [0.25, 0.3) is 0 Å². The molecule has 0 radical (unpaired) electrons. The molecule has 0 aliphatic rings. The van der Waals surface area contributed by atoms with Crippen molar-refractivity contribution in [2.75, 3.05) is 6.54 Å². The van der Waals surface area contributed by atoms with E-state index < -0.39 is 0 Å². The Kier molecular flexibility index (Phi) is 4.13. The Morgan fingerprint density at radius 2 is 2.00 bits per heavy atom. The van der Waals surface area contributed by atoms with Crippen LogP contribution in [-0.4, -0.2) is 6.54 Å². The van der Waals surface area contributed by atoms with Crippen molar-refractivity contribution in [2.24, 2.45) is 0 Å². The summed E-state index contributed by atoms with van der Waals surface area (Å²) in [6.07, 6.45) is 1.12. The number of nitrogens with one attached hydrogen (secondary N) is 1. The van der Waals surface area contributed by atoms with E-state index in [0.29, 0.717) is 0 Å². The van der Waals surface area contributed by atoms with Crippen molar-refractivity contribution < 1.29 is 4.42 Å². The zero-order valence-electron chi connectivity index (χ0n) is 12.8. The lowest BCUT2D eigenvalue weighted by molar-refractivity contribution is 0.494. The molecule has 0 spiro atoms. The van der Waals surface area contributed by atoms with Crippen molar-refractivity contribution in [2.45, 2.75) is 33.2 Å². The van der Waals surface area contributed by atoms with Crippen LogP contribution in [0.5, 0.6) is 0 Å². The molecule has 0 amide bonds. The average molecular weight is 299 g/mol. The summed E-state index contributed by atoms with van der Waals surface area (Å²) in [6, 6.07) is 13.3. The standard InChI is InChI=1S/C18H21NOS/c1-4-9-19-18(15-10-12(2)20-13(15)3)17-11-14-7-5-6-8-16(14)21-17/h5-8,10-11,18-19H,4,9H2,1-3H3. The number of aryl methyl sites for hydroxylation is 2. The van der Waals surface area contributed by atoms with Crippen LogP contribution in [0.2, 0.25) is 0 Å². The van der Waals surface area contributed by atoms with Gasteiger partial charge in [-0.3, -0.25) is 0 Å². The van der Waals surface area contributed by atoms with Crippen LogP contribution < -0.4 is 5.32 Å². The largest absolute Gasteiger partial charge is 0.466 e. The summed E-state index contributed by atoms with van der Waals surface area (Å²) in [5, 5.41) is 4.99. The number of hydrogen-bond donors (Lipinski definition) is 1. The summed E-state index contributed by atoms with van der Waals surface area (Å²) in [5.41, 5.74) is 1.26. The van der Waals surface area contributed by atoms with E-state index in [-0.39, 0.29) is 6.04 Å². The molecule has 3 heteroatoms. The lowest BCUT2D eigenvalue weighted by atomic mass is 10.1. The third-order valence-electron chi connectivity index (χ3n) is 3.72. The third-order valence-corrected chi connectivity index (χ3v) is 4.90. The zero-order chi connectivity index (χ0) is 14.8. The van der Waals surface area contributed by atoms with E-state index >= 15 is 0 Å². The first-order valence-electron chi connectivity index (χ1n) is 7.48. The Balaban J connectivity index is 2.04. The van der Waals surface area contributed by atoms with Gasteiger partial charge >= 0.3 is 0 Å². The molecular formula is C18H21NOS. The highest BCUT2D eigenvalue weighted by Gasteiger charge is 2.20. The van der Waals surface area contributed by atoms with Gasteiger partial charge in [-0.2, -0.15) is 0 Å². The Hall–Kier alpha value is -1.58. The molecule has 1 atom stereocenters. The van der Waals surface area contributed by atoms with Crippen LogP contribution in [-0.2, 0) is 0 Å². The minimum Gasteiger partial charge on any atom is -0.466 e. The minimum absolute atomic E-state index is 0.222. The van der Waals surface area contributed by atoms with Crippen LogP contribution >= 0.6 is 11.3 Å². The van der Waals surface area contributed by atoms with Gasteiger partial charge in [-0.05, 0) is 50.4 Å². The molecule has 2 nitrogen and oxygen atoms in total. The molecule has 0 saturated carbocycles. The Bertz CT molecular complexity index is 708. The van der Waals surface area contributed by atoms with Gasteiger partial charge in [0.15, 0.2) is 0 Å². The van der Waals surface area contributed by atoms with E-state index in [4.69, 9.17) is 4.42 Å². The fourth-order valence-corrected chi connectivity index (χ4v) is 3.89. The highest BCUT2D eigenvalue weighted by Crippen LogP contribution is 2.35. The second-order valence-corrected chi connectivity index (χ2v) is 6.56. The van der Waals surface area contributed by atoms with Gasteiger partial charge in [0.05, 0.1) is 6.04 Å². The lowest BCUT2D eigenvalue weighted by Gasteiger charge is -2.16. The quantitative estimate of drug-likeness (QED) is 0.700. The fraction of sp³-hybridized carbons (Fsp3) is 0.333. The van der Waals surface area contributed by atoms with Gasteiger partial charge < -0.3 is 9.73 Å². The van der Waals surface area contributed by atoms with Crippen molar-refractivity contribution >= 4 is 21.4 Å². The van der Waals surface area contributed by atoms with Crippen LogP contribution in [0.1, 0.15) is 41.3 Å². The maximum Gasteiger partial charge on any atom is 0.106 e. The van der Waals surface area contributed by atoms with Crippen molar-refractivity contribution in [3.05, 3.63) is 58.4 Å². The summed E-state index contributed by atoms with van der Waals surface area (Å²) < 4.78 is 7.08. The Morgan fingerprint density at radius 1 is 1.19 bits per heavy atom. The normalized spacial score (nSPS) is 12.9. The predicted molar refractivity (Wildman–Crippen MR) is 90.1 cm³/mol. The number of fused-ring (bicyclic) bond motifs is 1. The van der Waals surface area contributed by atoms with E-state index in [1.807, 2.05) is 18.3 Å². The number of furan rings is 1. The first-order valence-corrected chi connectivity index (χ1v) is 8.29. The van der Waals surface area contributed by atoms with Crippen LogP contribution in [0.4, 0.5) is 0 Å². The van der Waals surface area contributed by atoms with Gasteiger partial charge in [0.1, 0.15) is 11.5 Å². The fourth-order valence-electron chi connectivity index (χ4n) is 2.73. The molecule has 3 aromatic rings. The average Bonchev–Trinajstić information content (AvgIpc) is 3.03. The minimum atomic E-state index is 0.222. The molecule has 0 aliphatic heterocycles. The van der Waals surface area contributed by atoms with Crippen LogP contribution in [0.25, 0.3) is 10.1 Å². The molecule has 0 bridgehead atoms. The molecule has 110 valence electrons. The highest BCUT2D eigenvalue weighted by molar-refractivity contribution is 7.19. The van der Waals surface area contributed by atoms with Gasteiger partial charge in [0, 0.05) is 15.1 Å². The number of hydrogen-bond acceptors (Lipinski definition) is 3. The molecule has 2 aromatic heterocycles. The van der Waals surface area contributed by atoms with Crippen molar-refractivity contribution in [3.63, 3.8) is 0 Å². The molecule has 3 rings (SSSR count). The second kappa shape index (κ2) is 6.04. The molecule has 1 unspecified atom stereocenters. The van der Waals surface area contributed by atoms with Crippen molar-refractivity contribution in [1.29, 1.82) is 0 Å². The van der Waals surface area contributed by atoms with Crippen LogP contribution in [0.3, 0.4) is 0 Å². The predicted octanol–water partition coefficient (Wildman–Crippen LogP) is 5.20. The Labute approximate surface area is 129 Å². The van der Waals surface area contributed by atoms with E-state index in [1.165, 1.54) is 20.5 Å². The number of thiophene rings is 1. The summed E-state index contributed by atoms with van der Waals surface area (Å²) in [6.45, 7) is 7.26. The monoisotopic (exact) mass is 299 g/mol. The zero-order valence-corrected chi connectivity index (χ0v) is 13.6. The van der Waals surface area contributed by atoms with Gasteiger partial charge in [-0.15, -0.1) is 11.3 Å². The first-order chi connectivity index (χ1) is 10.2. The van der Waals surface area contributed by atoms with Gasteiger partial charge in [-0.25, -0.2) is 0 Å². The van der Waals surface area contributed by atoms with Crippen LogP contribution in [0.15, 0.2) is 40.8 Å². The molecule has 21 heavy (non-hydrogen) atoms. The molecule has 0 aliphatic carbocycles. The maximum atomic E-state index is 5.74. The van der Waals surface area contributed by atoms with Crippen molar-refractivity contribution in [3.8, 4) is 0 Å². The highest BCUT2D eigenvalue weighted by atomic mass is 32.1. The number of benzene rings is 1. The third kappa shape index (κ3) is 2.89. The molecule has 0 saturated heterocycles. The SMILES string of the molecule is CCCNC(c1cc2ccccc2s1)c1cc(C)oc1C. The first kappa shape index (κ1) is 14.4. The molecule has 0 fully saturated rings. The Morgan fingerprint density at radius 3 is 2.67 bits per heavy atom. The van der Waals surface area contributed by atoms with Gasteiger partial charge in [-0.1, -0.05) is 25.1 Å². The van der Waals surface area contributed by atoms with Crippen molar-refractivity contribution in [1.82, 2.24) is 5.32 Å². The topological polar surface area (TPSA) is 25.2 Å². The summed E-state index contributed by atoms with van der Waals surface area (Å²) in [5.74, 6) is 1.99. The summed E-state index contributed by atoms with van der Waals surface area (Å²) in [7, 11) is 0. The smallest absolute Gasteiger partial charge is 0.106 e. The molecule has 2 heterocycles.